The maximum absolute atomic E-state index is 12.1. The van der Waals surface area contributed by atoms with Crippen LogP contribution < -0.4 is 10.9 Å². The second-order valence-electron chi connectivity index (χ2n) is 5.30. The van der Waals surface area contributed by atoms with Gasteiger partial charge in [-0.25, -0.2) is 0 Å². The number of carbonyl (C=O) groups is 1. The predicted molar refractivity (Wildman–Crippen MR) is 74.1 cm³/mol. The van der Waals surface area contributed by atoms with Crippen molar-refractivity contribution in [2.45, 2.75) is 39.5 Å². The number of carbonyl (C=O) groups excluding carboxylic acids is 1. The second-order valence-corrected chi connectivity index (χ2v) is 5.30. The monoisotopic (exact) mass is 246 g/mol. The van der Waals surface area contributed by atoms with Crippen LogP contribution in [0.15, 0.2) is 24.3 Å². The summed E-state index contributed by atoms with van der Waals surface area (Å²) in [7, 11) is 0. The Morgan fingerprint density at radius 1 is 1.22 bits per heavy atom. The topological polar surface area (TPSA) is 41.1 Å². The number of hydrazine groups is 1. The van der Waals surface area contributed by atoms with Crippen LogP contribution in [0.1, 0.15) is 38.2 Å². The highest BCUT2D eigenvalue weighted by molar-refractivity contribution is 5.80. The van der Waals surface area contributed by atoms with Crippen molar-refractivity contribution in [1.82, 2.24) is 5.43 Å². The molecule has 2 atom stereocenters. The smallest absolute Gasteiger partial charge is 0.241 e. The molecule has 0 spiro atoms. The van der Waals surface area contributed by atoms with Gasteiger partial charge in [-0.3, -0.25) is 15.6 Å². The minimum Gasteiger partial charge on any atom is -0.298 e. The van der Waals surface area contributed by atoms with Crippen LogP contribution in [-0.2, 0) is 4.79 Å². The van der Waals surface area contributed by atoms with E-state index in [1.54, 1.807) is 0 Å². The molecule has 98 valence electrons. The van der Waals surface area contributed by atoms with E-state index in [4.69, 9.17) is 0 Å². The fraction of sp³-hybridized carbons (Fsp3) is 0.533. The summed E-state index contributed by atoms with van der Waals surface area (Å²) in [5, 5.41) is 0. The lowest BCUT2D eigenvalue weighted by atomic mass is 9.80. The molecule has 2 rings (SSSR count). The summed E-state index contributed by atoms with van der Waals surface area (Å²) >= 11 is 0. The number of benzene rings is 1. The molecule has 18 heavy (non-hydrogen) atoms. The molecule has 2 N–H and O–H groups in total. The highest BCUT2D eigenvalue weighted by Crippen LogP contribution is 2.29. The van der Waals surface area contributed by atoms with Gasteiger partial charge in [0.1, 0.15) is 0 Å². The number of hydrogen-bond donors (Lipinski definition) is 2. The molecule has 0 aliphatic heterocycles. The first-order chi connectivity index (χ1) is 8.68. The van der Waals surface area contributed by atoms with Crippen LogP contribution in [0.5, 0.6) is 0 Å². The maximum Gasteiger partial charge on any atom is 0.241 e. The van der Waals surface area contributed by atoms with E-state index >= 15 is 0 Å². The molecule has 2 unspecified atom stereocenters. The number of nitrogens with one attached hydrogen (secondary N) is 2. The van der Waals surface area contributed by atoms with Crippen LogP contribution in [0.25, 0.3) is 0 Å². The molecule has 0 heterocycles. The van der Waals surface area contributed by atoms with Crippen LogP contribution in [-0.4, -0.2) is 5.91 Å². The lowest BCUT2D eigenvalue weighted by molar-refractivity contribution is -0.126. The van der Waals surface area contributed by atoms with Crippen molar-refractivity contribution in [1.29, 1.82) is 0 Å². The zero-order valence-electron chi connectivity index (χ0n) is 11.2. The van der Waals surface area contributed by atoms with E-state index in [0.717, 1.165) is 17.7 Å². The van der Waals surface area contributed by atoms with E-state index in [-0.39, 0.29) is 11.8 Å². The normalized spacial score (nSPS) is 23.4. The van der Waals surface area contributed by atoms with Crippen LogP contribution >= 0.6 is 0 Å². The van der Waals surface area contributed by atoms with Gasteiger partial charge in [0, 0.05) is 5.92 Å². The average molecular weight is 246 g/mol. The van der Waals surface area contributed by atoms with E-state index in [1.807, 2.05) is 31.2 Å². The van der Waals surface area contributed by atoms with Gasteiger partial charge in [-0.05, 0) is 37.3 Å². The molecule has 1 fully saturated rings. The van der Waals surface area contributed by atoms with Gasteiger partial charge >= 0.3 is 0 Å². The number of anilines is 1. The van der Waals surface area contributed by atoms with Crippen molar-refractivity contribution in [3.05, 3.63) is 29.8 Å². The summed E-state index contributed by atoms with van der Waals surface area (Å²) in [5.74, 6) is 0.790. The number of aryl methyl sites for hydroxylation is 1. The highest BCUT2D eigenvalue weighted by atomic mass is 16.2. The van der Waals surface area contributed by atoms with Crippen molar-refractivity contribution >= 4 is 11.6 Å². The Kier molecular flexibility index (Phi) is 4.24. The molecule has 1 aliphatic rings. The SMILES string of the molecule is Cc1ccccc1NNC(=O)C1CCCCC1C. The van der Waals surface area contributed by atoms with Crippen LogP contribution in [0.2, 0.25) is 0 Å². The summed E-state index contributed by atoms with van der Waals surface area (Å²) in [5.41, 5.74) is 7.98. The summed E-state index contributed by atoms with van der Waals surface area (Å²) in [6, 6.07) is 7.95. The third-order valence-corrected chi connectivity index (χ3v) is 3.91. The highest BCUT2D eigenvalue weighted by Gasteiger charge is 2.27. The van der Waals surface area contributed by atoms with Crippen molar-refractivity contribution in [3.63, 3.8) is 0 Å². The minimum absolute atomic E-state index is 0.130. The first-order valence-electron chi connectivity index (χ1n) is 6.80. The van der Waals surface area contributed by atoms with Gasteiger partial charge in [0.05, 0.1) is 5.69 Å². The van der Waals surface area contributed by atoms with Crippen molar-refractivity contribution < 1.29 is 4.79 Å². The Labute approximate surface area is 109 Å². The predicted octanol–water partition coefficient (Wildman–Crippen LogP) is 3.26. The van der Waals surface area contributed by atoms with E-state index < -0.39 is 0 Å². The van der Waals surface area contributed by atoms with Crippen molar-refractivity contribution in [2.75, 3.05) is 5.43 Å². The van der Waals surface area contributed by atoms with Gasteiger partial charge in [-0.2, -0.15) is 0 Å². The molecule has 0 saturated heterocycles. The first kappa shape index (κ1) is 12.9. The number of hydrogen-bond acceptors (Lipinski definition) is 2. The summed E-state index contributed by atoms with van der Waals surface area (Å²) in [4.78, 5) is 12.1. The Bertz CT molecular complexity index is 417. The fourth-order valence-corrected chi connectivity index (χ4v) is 2.64. The first-order valence-corrected chi connectivity index (χ1v) is 6.80. The van der Waals surface area contributed by atoms with Gasteiger partial charge in [0.25, 0.3) is 0 Å². The standard InChI is InChI=1S/C15H22N2O/c1-11-7-3-5-9-13(11)15(18)17-16-14-10-6-4-8-12(14)2/h4,6,8,10-11,13,16H,3,5,7,9H2,1-2H3,(H,17,18). The van der Waals surface area contributed by atoms with Crippen molar-refractivity contribution in [2.24, 2.45) is 11.8 Å². The Morgan fingerprint density at radius 2 is 1.94 bits per heavy atom. The molecule has 1 aromatic carbocycles. The van der Waals surface area contributed by atoms with Crippen LogP contribution in [0, 0.1) is 18.8 Å². The second kappa shape index (κ2) is 5.89. The molecule has 1 amide bonds. The number of rotatable bonds is 3. The number of amides is 1. The fourth-order valence-electron chi connectivity index (χ4n) is 2.64. The Hall–Kier alpha value is -1.51. The zero-order chi connectivity index (χ0) is 13.0. The quantitative estimate of drug-likeness (QED) is 0.804. The lowest BCUT2D eigenvalue weighted by Crippen LogP contribution is -2.39. The Balaban J connectivity index is 1.90. The van der Waals surface area contributed by atoms with Crippen molar-refractivity contribution in [3.8, 4) is 0 Å². The van der Waals surface area contributed by atoms with Gasteiger partial charge in [0.2, 0.25) is 5.91 Å². The molecule has 3 nitrogen and oxygen atoms in total. The van der Waals surface area contributed by atoms with Crippen LogP contribution in [0.3, 0.4) is 0 Å². The summed E-state index contributed by atoms with van der Waals surface area (Å²) in [6.07, 6.45) is 4.62. The third-order valence-electron chi connectivity index (χ3n) is 3.91. The molecular formula is C15H22N2O. The largest absolute Gasteiger partial charge is 0.298 e. The average Bonchev–Trinajstić information content (AvgIpc) is 2.38. The third kappa shape index (κ3) is 3.03. The summed E-state index contributed by atoms with van der Waals surface area (Å²) < 4.78 is 0. The van der Waals surface area contributed by atoms with E-state index in [9.17, 15) is 4.79 Å². The number of para-hydroxylation sites is 1. The van der Waals surface area contributed by atoms with E-state index in [1.165, 1.54) is 19.3 Å². The molecule has 1 saturated carbocycles. The zero-order valence-corrected chi connectivity index (χ0v) is 11.2. The Morgan fingerprint density at radius 3 is 2.67 bits per heavy atom. The lowest BCUT2D eigenvalue weighted by Gasteiger charge is -2.27. The molecule has 0 aromatic heterocycles. The molecule has 0 radical (unpaired) electrons. The van der Waals surface area contributed by atoms with Crippen LogP contribution in [0.4, 0.5) is 5.69 Å². The molecule has 1 aliphatic carbocycles. The molecule has 0 bridgehead atoms. The summed E-state index contributed by atoms with van der Waals surface area (Å²) in [6.45, 7) is 4.20. The molecule has 1 aromatic rings. The van der Waals surface area contributed by atoms with Gasteiger partial charge in [-0.1, -0.05) is 38.0 Å². The van der Waals surface area contributed by atoms with E-state index in [2.05, 4.69) is 17.8 Å². The molecular weight excluding hydrogens is 224 g/mol. The van der Waals surface area contributed by atoms with Gasteiger partial charge < -0.3 is 0 Å². The van der Waals surface area contributed by atoms with E-state index in [0.29, 0.717) is 5.92 Å². The molecule has 3 heteroatoms. The van der Waals surface area contributed by atoms with Gasteiger partial charge in [0.15, 0.2) is 0 Å². The van der Waals surface area contributed by atoms with Gasteiger partial charge in [-0.15, -0.1) is 0 Å². The maximum atomic E-state index is 12.1. The minimum atomic E-state index is 0.130.